The average molecular weight is 560 g/mol. The number of carbonyl (C=O) groups is 3. The molecule has 0 bridgehead atoms. The number of barbiturate groups is 1. The van der Waals surface area contributed by atoms with Crippen LogP contribution in [0.3, 0.4) is 0 Å². The van der Waals surface area contributed by atoms with E-state index >= 15 is 0 Å². The Hall–Kier alpha value is -5.19. The number of rotatable bonds is 12. The minimum absolute atomic E-state index is 0.0327. The summed E-state index contributed by atoms with van der Waals surface area (Å²) in [5, 5.41) is 13.1. The highest BCUT2D eigenvalue weighted by Crippen LogP contribution is 2.30. The van der Waals surface area contributed by atoms with Gasteiger partial charge in [0.15, 0.2) is 11.5 Å². The Kier molecular flexibility index (Phi) is 9.31. The van der Waals surface area contributed by atoms with Crippen molar-refractivity contribution < 1.29 is 33.5 Å². The van der Waals surface area contributed by atoms with Crippen LogP contribution in [0.5, 0.6) is 17.2 Å². The van der Waals surface area contributed by atoms with Crippen LogP contribution >= 0.6 is 0 Å². The molecule has 1 heterocycles. The summed E-state index contributed by atoms with van der Waals surface area (Å²) in [7, 11) is 0. The van der Waals surface area contributed by atoms with Gasteiger partial charge in [0.25, 0.3) is 17.5 Å². The number of para-hydroxylation sites is 1. The number of nitrogens with one attached hydrogen (secondary N) is 1. The first-order chi connectivity index (χ1) is 19.8. The third kappa shape index (κ3) is 7.07. The SMILES string of the molecule is CCCOc1ccc(CN2C(=O)NC(=O)/C(=C\c3ccccc3OCc3ccc([N+](=O)[O-])cc3)C2=O)cc1OCC. The Morgan fingerprint density at radius 3 is 2.32 bits per heavy atom. The van der Waals surface area contributed by atoms with Crippen LogP contribution in [0.25, 0.3) is 6.08 Å². The van der Waals surface area contributed by atoms with Crippen molar-refractivity contribution in [1.29, 1.82) is 0 Å². The number of hydrogen-bond donors (Lipinski definition) is 1. The van der Waals surface area contributed by atoms with Crippen LogP contribution in [-0.4, -0.2) is 40.9 Å². The quantitative estimate of drug-likeness (QED) is 0.141. The molecule has 1 aliphatic rings. The highest BCUT2D eigenvalue weighted by atomic mass is 16.6. The number of amides is 4. The Morgan fingerprint density at radius 2 is 1.61 bits per heavy atom. The summed E-state index contributed by atoms with van der Waals surface area (Å²) in [5.41, 5.74) is 1.48. The van der Waals surface area contributed by atoms with E-state index in [-0.39, 0.29) is 24.4 Å². The summed E-state index contributed by atoms with van der Waals surface area (Å²) in [6, 6.07) is 17.1. The second-order valence-electron chi connectivity index (χ2n) is 9.02. The molecule has 0 unspecified atom stereocenters. The zero-order valence-corrected chi connectivity index (χ0v) is 22.6. The Balaban J connectivity index is 1.54. The molecule has 0 radical (unpaired) electrons. The van der Waals surface area contributed by atoms with E-state index in [9.17, 15) is 24.5 Å². The number of urea groups is 1. The van der Waals surface area contributed by atoms with Gasteiger partial charge in [0.05, 0.1) is 24.7 Å². The predicted molar refractivity (Wildman–Crippen MR) is 149 cm³/mol. The summed E-state index contributed by atoms with van der Waals surface area (Å²) in [5.74, 6) is -0.137. The lowest BCUT2D eigenvalue weighted by Gasteiger charge is -2.27. The second-order valence-corrected chi connectivity index (χ2v) is 9.02. The maximum Gasteiger partial charge on any atom is 0.331 e. The molecule has 3 aromatic rings. The molecule has 1 N–H and O–H groups in total. The van der Waals surface area contributed by atoms with E-state index in [2.05, 4.69) is 5.32 Å². The topological polar surface area (TPSA) is 137 Å². The molecule has 4 amide bonds. The first kappa shape index (κ1) is 28.8. The number of benzene rings is 3. The lowest BCUT2D eigenvalue weighted by Crippen LogP contribution is -2.53. The molecule has 0 aliphatic carbocycles. The van der Waals surface area contributed by atoms with E-state index in [0.717, 1.165) is 11.3 Å². The first-order valence-electron chi connectivity index (χ1n) is 13.0. The van der Waals surface area contributed by atoms with E-state index in [0.29, 0.717) is 47.2 Å². The van der Waals surface area contributed by atoms with E-state index in [1.54, 1.807) is 54.6 Å². The third-order valence-electron chi connectivity index (χ3n) is 6.06. The number of nitrogens with zero attached hydrogens (tertiary/aromatic N) is 2. The van der Waals surface area contributed by atoms with E-state index in [1.807, 2.05) is 13.8 Å². The van der Waals surface area contributed by atoms with E-state index in [1.165, 1.54) is 18.2 Å². The average Bonchev–Trinajstić information content (AvgIpc) is 2.96. The summed E-state index contributed by atoms with van der Waals surface area (Å²) in [6.45, 7) is 4.76. The maximum absolute atomic E-state index is 13.4. The van der Waals surface area contributed by atoms with Gasteiger partial charge >= 0.3 is 6.03 Å². The molecule has 0 spiro atoms. The zero-order valence-electron chi connectivity index (χ0n) is 22.6. The number of hydrogen-bond acceptors (Lipinski definition) is 8. The van der Waals surface area contributed by atoms with Gasteiger partial charge in [0.2, 0.25) is 0 Å². The van der Waals surface area contributed by atoms with Gasteiger partial charge in [-0.1, -0.05) is 31.2 Å². The fraction of sp³-hybridized carbons (Fsp3) is 0.233. The van der Waals surface area contributed by atoms with E-state index in [4.69, 9.17) is 14.2 Å². The van der Waals surface area contributed by atoms with Gasteiger partial charge in [-0.15, -0.1) is 0 Å². The summed E-state index contributed by atoms with van der Waals surface area (Å²) in [6.07, 6.45) is 2.19. The van der Waals surface area contributed by atoms with Gasteiger partial charge in [0.1, 0.15) is 17.9 Å². The molecule has 212 valence electrons. The van der Waals surface area contributed by atoms with Crippen molar-refractivity contribution in [3.8, 4) is 17.2 Å². The Bertz CT molecular complexity index is 1480. The van der Waals surface area contributed by atoms with Crippen LogP contribution < -0.4 is 19.5 Å². The van der Waals surface area contributed by atoms with Crippen molar-refractivity contribution in [2.75, 3.05) is 13.2 Å². The molecular weight excluding hydrogens is 530 g/mol. The molecule has 0 saturated carbocycles. The molecule has 1 aliphatic heterocycles. The van der Waals surface area contributed by atoms with Gasteiger partial charge < -0.3 is 14.2 Å². The number of carbonyl (C=O) groups excluding carboxylic acids is 3. The number of non-ortho nitro benzene ring substituents is 1. The van der Waals surface area contributed by atoms with Crippen molar-refractivity contribution in [3.63, 3.8) is 0 Å². The second kappa shape index (κ2) is 13.2. The normalized spacial score (nSPS) is 14.1. The lowest BCUT2D eigenvalue weighted by atomic mass is 10.1. The number of nitro groups is 1. The van der Waals surface area contributed by atoms with Crippen molar-refractivity contribution in [2.45, 2.75) is 33.4 Å². The van der Waals surface area contributed by atoms with Crippen LogP contribution in [0, 0.1) is 10.1 Å². The standard InChI is InChI=1S/C30H29N3O8/c1-3-15-40-26-14-11-21(16-27(26)39-4-2)18-32-29(35)24(28(34)31-30(32)36)17-22-7-5-6-8-25(22)41-19-20-9-12-23(13-10-20)33(37)38/h5-14,16-17H,3-4,15,18-19H2,1-2H3,(H,31,34,36)/b24-17+. The van der Waals surface area contributed by atoms with Crippen molar-refractivity contribution in [3.05, 3.63) is 99.1 Å². The molecular formula is C30H29N3O8. The molecule has 11 nitrogen and oxygen atoms in total. The lowest BCUT2D eigenvalue weighted by molar-refractivity contribution is -0.384. The number of ether oxygens (including phenoxy) is 3. The fourth-order valence-electron chi connectivity index (χ4n) is 4.03. The van der Waals surface area contributed by atoms with Crippen molar-refractivity contribution >= 4 is 29.6 Å². The molecule has 3 aromatic carbocycles. The minimum atomic E-state index is -0.830. The Labute approximate surface area is 236 Å². The molecule has 1 fully saturated rings. The highest BCUT2D eigenvalue weighted by molar-refractivity contribution is 6.31. The molecule has 41 heavy (non-hydrogen) atoms. The third-order valence-corrected chi connectivity index (χ3v) is 6.06. The van der Waals surface area contributed by atoms with Crippen LogP contribution in [0.2, 0.25) is 0 Å². The summed E-state index contributed by atoms with van der Waals surface area (Å²) >= 11 is 0. The number of imide groups is 2. The fourth-order valence-corrected chi connectivity index (χ4v) is 4.03. The van der Waals surface area contributed by atoms with Crippen LogP contribution in [0.1, 0.15) is 37.0 Å². The summed E-state index contributed by atoms with van der Waals surface area (Å²) < 4.78 is 17.3. The maximum atomic E-state index is 13.4. The number of nitro benzene ring substituents is 1. The largest absolute Gasteiger partial charge is 0.490 e. The van der Waals surface area contributed by atoms with Crippen LogP contribution in [0.4, 0.5) is 10.5 Å². The Morgan fingerprint density at radius 1 is 0.878 bits per heavy atom. The van der Waals surface area contributed by atoms with Gasteiger partial charge in [-0.25, -0.2) is 4.79 Å². The molecule has 0 aromatic heterocycles. The molecule has 1 saturated heterocycles. The molecule has 0 atom stereocenters. The van der Waals surface area contributed by atoms with Gasteiger partial charge in [-0.05, 0) is 60.9 Å². The first-order valence-corrected chi connectivity index (χ1v) is 13.0. The van der Waals surface area contributed by atoms with E-state index < -0.39 is 22.8 Å². The van der Waals surface area contributed by atoms with Gasteiger partial charge in [-0.2, -0.15) is 0 Å². The highest BCUT2D eigenvalue weighted by Gasteiger charge is 2.36. The van der Waals surface area contributed by atoms with Crippen molar-refractivity contribution in [2.24, 2.45) is 0 Å². The predicted octanol–water partition coefficient (Wildman–Crippen LogP) is 5.02. The monoisotopic (exact) mass is 559 g/mol. The van der Waals surface area contributed by atoms with Crippen LogP contribution in [0.15, 0.2) is 72.3 Å². The van der Waals surface area contributed by atoms with Crippen molar-refractivity contribution in [1.82, 2.24) is 10.2 Å². The minimum Gasteiger partial charge on any atom is -0.490 e. The molecule has 11 heteroatoms. The van der Waals surface area contributed by atoms with Crippen LogP contribution in [-0.2, 0) is 22.7 Å². The molecule has 4 rings (SSSR count). The van der Waals surface area contributed by atoms with Gasteiger partial charge in [-0.3, -0.25) is 29.9 Å². The van der Waals surface area contributed by atoms with Gasteiger partial charge in [0, 0.05) is 17.7 Å². The summed E-state index contributed by atoms with van der Waals surface area (Å²) in [4.78, 5) is 50.1. The zero-order chi connectivity index (χ0) is 29.4. The smallest absolute Gasteiger partial charge is 0.331 e.